The molecular formula is C12H14O2. The van der Waals surface area contributed by atoms with Crippen molar-refractivity contribution >= 4 is 5.97 Å². The first kappa shape index (κ1) is 9.25. The maximum atomic E-state index is 11.0. The number of aromatic carboxylic acids is 1. The van der Waals surface area contributed by atoms with Crippen LogP contribution in [0.5, 0.6) is 0 Å². The van der Waals surface area contributed by atoms with E-state index in [2.05, 4.69) is 0 Å². The van der Waals surface area contributed by atoms with Gasteiger partial charge in [-0.2, -0.15) is 0 Å². The molecule has 1 fully saturated rings. The van der Waals surface area contributed by atoms with E-state index in [0.717, 1.165) is 30.4 Å². The lowest BCUT2D eigenvalue weighted by molar-refractivity contribution is 0.0695. The second-order valence-corrected chi connectivity index (χ2v) is 3.85. The minimum atomic E-state index is -0.790. The number of hydrogen-bond acceptors (Lipinski definition) is 1. The highest BCUT2D eigenvalue weighted by molar-refractivity contribution is 5.90. The molecule has 1 N–H and O–H groups in total. The van der Waals surface area contributed by atoms with Gasteiger partial charge in [-0.05, 0) is 42.4 Å². The van der Waals surface area contributed by atoms with Crippen LogP contribution in [0.15, 0.2) is 18.2 Å². The van der Waals surface area contributed by atoms with Crippen LogP contribution in [0.1, 0.15) is 47.2 Å². The Bertz CT molecular complexity index is 365. The Balaban J connectivity index is 2.43. The molecule has 1 aliphatic carbocycles. The molecule has 2 nitrogen and oxygen atoms in total. The highest BCUT2D eigenvalue weighted by atomic mass is 16.4. The lowest BCUT2D eigenvalue weighted by atomic mass is 9.99. The van der Waals surface area contributed by atoms with Crippen molar-refractivity contribution in [3.63, 3.8) is 0 Å². The number of carboxylic acids is 1. The fourth-order valence-electron chi connectivity index (χ4n) is 1.76. The zero-order chi connectivity index (χ0) is 10.1. The Kier molecular flexibility index (Phi) is 2.28. The first-order valence-electron chi connectivity index (χ1n) is 5.08. The molecule has 0 unspecified atom stereocenters. The molecule has 0 bridgehead atoms. The summed E-state index contributed by atoms with van der Waals surface area (Å²) >= 11 is 0. The number of carboxylic acid groups (broad SMARTS) is 1. The van der Waals surface area contributed by atoms with Crippen LogP contribution in [-0.2, 0) is 6.42 Å². The minimum absolute atomic E-state index is 0.506. The number of hydrogen-bond donors (Lipinski definition) is 1. The third-order valence-electron chi connectivity index (χ3n) is 2.77. The molecule has 0 saturated heterocycles. The number of carbonyl (C=O) groups is 1. The van der Waals surface area contributed by atoms with Crippen molar-refractivity contribution in [1.82, 2.24) is 0 Å². The predicted octanol–water partition coefficient (Wildman–Crippen LogP) is 2.82. The van der Waals surface area contributed by atoms with E-state index < -0.39 is 5.97 Å². The summed E-state index contributed by atoms with van der Waals surface area (Å²) in [5.74, 6) is -0.283. The maximum absolute atomic E-state index is 11.0. The van der Waals surface area contributed by atoms with Gasteiger partial charge >= 0.3 is 5.97 Å². The second kappa shape index (κ2) is 3.45. The SMILES string of the molecule is CCc1ccc(C2CC2)c(C(=O)O)c1. The van der Waals surface area contributed by atoms with E-state index in [4.69, 9.17) is 5.11 Å². The summed E-state index contributed by atoms with van der Waals surface area (Å²) in [6.07, 6.45) is 3.18. The summed E-state index contributed by atoms with van der Waals surface area (Å²) in [6.45, 7) is 2.04. The van der Waals surface area contributed by atoms with Crippen molar-refractivity contribution in [2.45, 2.75) is 32.1 Å². The highest BCUT2D eigenvalue weighted by Gasteiger charge is 2.27. The third-order valence-corrected chi connectivity index (χ3v) is 2.77. The van der Waals surface area contributed by atoms with E-state index in [-0.39, 0.29) is 0 Å². The predicted molar refractivity (Wildman–Crippen MR) is 54.8 cm³/mol. The van der Waals surface area contributed by atoms with Crippen LogP contribution in [0.25, 0.3) is 0 Å². The molecule has 0 aliphatic heterocycles. The van der Waals surface area contributed by atoms with Crippen molar-refractivity contribution in [3.8, 4) is 0 Å². The summed E-state index contributed by atoms with van der Waals surface area (Å²) in [6, 6.07) is 5.84. The van der Waals surface area contributed by atoms with Gasteiger partial charge in [0, 0.05) is 0 Å². The molecule has 2 heteroatoms. The van der Waals surface area contributed by atoms with Crippen LogP contribution in [0.2, 0.25) is 0 Å². The van der Waals surface area contributed by atoms with E-state index in [1.165, 1.54) is 0 Å². The Hall–Kier alpha value is -1.31. The molecule has 0 amide bonds. The van der Waals surface area contributed by atoms with Gasteiger partial charge in [0.25, 0.3) is 0 Å². The second-order valence-electron chi connectivity index (χ2n) is 3.85. The lowest BCUT2D eigenvalue weighted by Gasteiger charge is -2.06. The van der Waals surface area contributed by atoms with Crippen molar-refractivity contribution in [1.29, 1.82) is 0 Å². The zero-order valence-corrected chi connectivity index (χ0v) is 8.29. The molecule has 14 heavy (non-hydrogen) atoms. The standard InChI is InChI=1S/C12H14O2/c1-2-8-3-6-10(9-4-5-9)11(7-8)12(13)14/h3,6-7,9H,2,4-5H2,1H3,(H,13,14). The topological polar surface area (TPSA) is 37.3 Å². The average molecular weight is 190 g/mol. The van der Waals surface area contributed by atoms with Crippen molar-refractivity contribution in [3.05, 3.63) is 34.9 Å². The Morgan fingerprint density at radius 1 is 1.50 bits per heavy atom. The Labute approximate surface area is 83.6 Å². The fraction of sp³-hybridized carbons (Fsp3) is 0.417. The first-order valence-corrected chi connectivity index (χ1v) is 5.08. The van der Waals surface area contributed by atoms with E-state index >= 15 is 0 Å². The molecule has 1 aromatic rings. The van der Waals surface area contributed by atoms with Crippen molar-refractivity contribution < 1.29 is 9.90 Å². The fourth-order valence-corrected chi connectivity index (χ4v) is 1.76. The van der Waals surface area contributed by atoms with E-state index in [1.807, 2.05) is 25.1 Å². The summed E-state index contributed by atoms with van der Waals surface area (Å²) < 4.78 is 0. The Morgan fingerprint density at radius 2 is 2.21 bits per heavy atom. The zero-order valence-electron chi connectivity index (χ0n) is 8.29. The van der Waals surface area contributed by atoms with E-state index in [1.54, 1.807) is 0 Å². The molecule has 0 radical (unpaired) electrons. The van der Waals surface area contributed by atoms with Gasteiger partial charge in [0.1, 0.15) is 0 Å². The average Bonchev–Trinajstić information content (AvgIpc) is 3.00. The molecule has 2 rings (SSSR count). The molecule has 0 heterocycles. The van der Waals surface area contributed by atoms with Crippen molar-refractivity contribution in [2.75, 3.05) is 0 Å². The molecule has 1 aliphatic rings. The first-order chi connectivity index (χ1) is 6.72. The van der Waals surface area contributed by atoms with Gasteiger partial charge in [-0.1, -0.05) is 19.1 Å². The van der Waals surface area contributed by atoms with Crippen LogP contribution in [-0.4, -0.2) is 11.1 Å². The van der Waals surface area contributed by atoms with Gasteiger partial charge in [0.15, 0.2) is 0 Å². The normalized spacial score (nSPS) is 15.5. The van der Waals surface area contributed by atoms with Crippen LogP contribution >= 0.6 is 0 Å². The number of aryl methyl sites for hydroxylation is 1. The minimum Gasteiger partial charge on any atom is -0.478 e. The third kappa shape index (κ3) is 1.65. The molecule has 74 valence electrons. The van der Waals surface area contributed by atoms with Gasteiger partial charge < -0.3 is 5.11 Å². The summed E-state index contributed by atoms with van der Waals surface area (Å²) in [5.41, 5.74) is 2.63. The summed E-state index contributed by atoms with van der Waals surface area (Å²) in [5, 5.41) is 9.06. The van der Waals surface area contributed by atoms with Crippen molar-refractivity contribution in [2.24, 2.45) is 0 Å². The van der Waals surface area contributed by atoms with Crippen LogP contribution < -0.4 is 0 Å². The molecular weight excluding hydrogens is 176 g/mol. The molecule has 0 spiro atoms. The van der Waals surface area contributed by atoms with Crippen LogP contribution in [0.3, 0.4) is 0 Å². The largest absolute Gasteiger partial charge is 0.478 e. The van der Waals surface area contributed by atoms with Crippen LogP contribution in [0, 0.1) is 0 Å². The number of rotatable bonds is 3. The van der Waals surface area contributed by atoms with Gasteiger partial charge in [0.05, 0.1) is 5.56 Å². The molecule has 0 aromatic heterocycles. The van der Waals surface area contributed by atoms with Gasteiger partial charge in [-0.3, -0.25) is 0 Å². The highest BCUT2D eigenvalue weighted by Crippen LogP contribution is 2.41. The van der Waals surface area contributed by atoms with E-state index in [0.29, 0.717) is 11.5 Å². The maximum Gasteiger partial charge on any atom is 0.335 e. The molecule has 1 aromatic carbocycles. The molecule has 1 saturated carbocycles. The smallest absolute Gasteiger partial charge is 0.335 e. The summed E-state index contributed by atoms with van der Waals surface area (Å²) in [4.78, 5) is 11.0. The monoisotopic (exact) mass is 190 g/mol. The van der Waals surface area contributed by atoms with Gasteiger partial charge in [-0.25, -0.2) is 4.79 Å². The Morgan fingerprint density at radius 3 is 2.71 bits per heavy atom. The number of benzene rings is 1. The van der Waals surface area contributed by atoms with Gasteiger partial charge in [-0.15, -0.1) is 0 Å². The summed E-state index contributed by atoms with van der Waals surface area (Å²) in [7, 11) is 0. The van der Waals surface area contributed by atoms with Crippen LogP contribution in [0.4, 0.5) is 0 Å². The van der Waals surface area contributed by atoms with Gasteiger partial charge in [0.2, 0.25) is 0 Å². The lowest BCUT2D eigenvalue weighted by Crippen LogP contribution is -2.02. The van der Waals surface area contributed by atoms with E-state index in [9.17, 15) is 4.79 Å². The molecule has 0 atom stereocenters. The quantitative estimate of drug-likeness (QED) is 0.795.